The summed E-state index contributed by atoms with van der Waals surface area (Å²) in [5.41, 5.74) is 2.40. The molecule has 1 aromatic heterocycles. The molecule has 1 fully saturated rings. The van der Waals surface area contributed by atoms with E-state index in [1.165, 1.54) is 13.5 Å². The molecule has 1 aliphatic carbocycles. The third-order valence-corrected chi connectivity index (χ3v) is 4.73. The summed E-state index contributed by atoms with van der Waals surface area (Å²) in [6, 6.07) is 0.218. The number of aryl methyl sites for hydroxylation is 1. The van der Waals surface area contributed by atoms with Crippen LogP contribution in [0.5, 0.6) is 0 Å². The van der Waals surface area contributed by atoms with Crippen LogP contribution in [0.2, 0.25) is 0 Å². The second-order valence-corrected chi connectivity index (χ2v) is 6.17. The molecule has 22 heavy (non-hydrogen) atoms. The molecule has 2 rings (SSSR count). The summed E-state index contributed by atoms with van der Waals surface area (Å²) in [6.45, 7) is 5.92. The average molecular weight is 306 g/mol. The van der Waals surface area contributed by atoms with Crippen molar-refractivity contribution in [3.8, 4) is 0 Å². The van der Waals surface area contributed by atoms with Crippen LogP contribution < -0.4 is 5.32 Å². The highest BCUT2D eigenvalue weighted by Gasteiger charge is 2.27. The monoisotopic (exact) mass is 306 g/mol. The van der Waals surface area contributed by atoms with Gasteiger partial charge in [0.05, 0.1) is 12.7 Å². The van der Waals surface area contributed by atoms with E-state index < -0.39 is 5.97 Å². The van der Waals surface area contributed by atoms with Gasteiger partial charge in [0.25, 0.3) is 5.91 Å². The number of ether oxygens (including phenoxy) is 1. The van der Waals surface area contributed by atoms with Crippen LogP contribution in [0.4, 0.5) is 0 Å². The van der Waals surface area contributed by atoms with Crippen molar-refractivity contribution in [2.75, 3.05) is 7.11 Å². The molecule has 2 N–H and O–H groups in total. The molecule has 0 spiro atoms. The molecule has 5 heteroatoms. The molecule has 1 saturated carbocycles. The van der Waals surface area contributed by atoms with Gasteiger partial charge in [-0.15, -0.1) is 0 Å². The zero-order valence-corrected chi connectivity index (χ0v) is 13.9. The third-order valence-electron chi connectivity index (χ3n) is 4.73. The molecule has 1 aliphatic rings. The highest BCUT2D eigenvalue weighted by Crippen LogP contribution is 2.25. The molecule has 2 atom stereocenters. The van der Waals surface area contributed by atoms with Gasteiger partial charge < -0.3 is 15.0 Å². The van der Waals surface area contributed by atoms with E-state index >= 15 is 0 Å². The lowest BCUT2D eigenvalue weighted by Gasteiger charge is -2.29. The topological polar surface area (TPSA) is 71.2 Å². The predicted octanol–water partition coefficient (Wildman–Crippen LogP) is 2.98. The van der Waals surface area contributed by atoms with Gasteiger partial charge in [-0.2, -0.15) is 0 Å². The lowest BCUT2D eigenvalue weighted by molar-refractivity contribution is 0.0599. The molecule has 2 unspecified atom stereocenters. The van der Waals surface area contributed by atoms with E-state index in [0.29, 0.717) is 29.2 Å². The zero-order chi connectivity index (χ0) is 16.3. The van der Waals surface area contributed by atoms with Gasteiger partial charge in [-0.1, -0.05) is 26.7 Å². The van der Waals surface area contributed by atoms with Crippen LogP contribution in [-0.4, -0.2) is 30.0 Å². The summed E-state index contributed by atoms with van der Waals surface area (Å²) in [5.74, 6) is -0.0181. The van der Waals surface area contributed by atoms with Crippen molar-refractivity contribution < 1.29 is 14.3 Å². The Morgan fingerprint density at radius 2 is 2.00 bits per heavy atom. The van der Waals surface area contributed by atoms with Gasteiger partial charge in [-0.05, 0) is 37.7 Å². The minimum absolute atomic E-state index is 0.124. The number of hydrogen-bond acceptors (Lipinski definition) is 3. The fraction of sp³-hybridized carbons (Fsp3) is 0.647. The van der Waals surface area contributed by atoms with E-state index in [4.69, 9.17) is 4.74 Å². The van der Waals surface area contributed by atoms with Gasteiger partial charge in [0.15, 0.2) is 0 Å². The van der Waals surface area contributed by atoms with Crippen molar-refractivity contribution in [1.29, 1.82) is 0 Å². The number of H-pyrrole nitrogens is 1. The fourth-order valence-corrected chi connectivity index (χ4v) is 3.30. The molecule has 1 amide bonds. The van der Waals surface area contributed by atoms with Crippen LogP contribution in [0.25, 0.3) is 0 Å². The fourth-order valence-electron chi connectivity index (χ4n) is 3.30. The number of methoxy groups -OCH3 is 1. The smallest absolute Gasteiger partial charge is 0.339 e. The maximum atomic E-state index is 12.6. The molecule has 0 saturated heterocycles. The van der Waals surface area contributed by atoms with Crippen LogP contribution in [0, 0.1) is 12.8 Å². The second kappa shape index (κ2) is 6.99. The minimum Gasteiger partial charge on any atom is -0.465 e. The van der Waals surface area contributed by atoms with Crippen molar-refractivity contribution in [2.45, 2.75) is 58.9 Å². The Bertz CT molecular complexity index is 562. The van der Waals surface area contributed by atoms with Crippen molar-refractivity contribution in [2.24, 2.45) is 5.92 Å². The Hall–Kier alpha value is -1.78. The molecule has 1 heterocycles. The SMILES string of the molecule is CCc1[nH]c(C(=O)NC2CCCCC2C)c(C)c1C(=O)OC. The molecule has 122 valence electrons. The van der Waals surface area contributed by atoms with Gasteiger partial charge in [0.2, 0.25) is 0 Å². The van der Waals surface area contributed by atoms with Gasteiger partial charge in [-0.3, -0.25) is 4.79 Å². The molecular weight excluding hydrogens is 280 g/mol. The van der Waals surface area contributed by atoms with Crippen LogP contribution in [0.15, 0.2) is 0 Å². The van der Waals surface area contributed by atoms with Crippen molar-refractivity contribution in [3.63, 3.8) is 0 Å². The first kappa shape index (κ1) is 16.6. The standard InChI is InChI=1S/C17H26N2O3/c1-5-12-14(17(21)22-4)11(3)15(18-12)16(20)19-13-9-7-6-8-10(13)2/h10,13,18H,5-9H2,1-4H3,(H,19,20). The highest BCUT2D eigenvalue weighted by atomic mass is 16.5. The zero-order valence-electron chi connectivity index (χ0n) is 13.9. The first-order valence-electron chi connectivity index (χ1n) is 8.10. The summed E-state index contributed by atoms with van der Waals surface area (Å²) < 4.78 is 4.83. The van der Waals surface area contributed by atoms with Crippen molar-refractivity contribution in [3.05, 3.63) is 22.5 Å². The number of rotatable bonds is 4. The first-order chi connectivity index (χ1) is 10.5. The second-order valence-electron chi connectivity index (χ2n) is 6.17. The van der Waals surface area contributed by atoms with E-state index in [-0.39, 0.29) is 11.9 Å². The maximum Gasteiger partial charge on any atom is 0.339 e. The van der Waals surface area contributed by atoms with E-state index in [0.717, 1.165) is 25.0 Å². The van der Waals surface area contributed by atoms with E-state index in [1.807, 2.05) is 6.92 Å². The first-order valence-corrected chi connectivity index (χ1v) is 8.10. The molecule has 0 aliphatic heterocycles. The molecule has 1 aromatic rings. The van der Waals surface area contributed by atoms with Crippen LogP contribution in [0.3, 0.4) is 0 Å². The lowest BCUT2D eigenvalue weighted by Crippen LogP contribution is -2.41. The molecular formula is C17H26N2O3. The van der Waals surface area contributed by atoms with Gasteiger partial charge in [0, 0.05) is 11.7 Å². The minimum atomic E-state index is -0.393. The van der Waals surface area contributed by atoms with Crippen LogP contribution in [-0.2, 0) is 11.2 Å². The van der Waals surface area contributed by atoms with Crippen molar-refractivity contribution in [1.82, 2.24) is 10.3 Å². The van der Waals surface area contributed by atoms with Crippen LogP contribution in [0.1, 0.15) is 71.6 Å². The number of esters is 1. The van der Waals surface area contributed by atoms with E-state index in [9.17, 15) is 9.59 Å². The number of carbonyl (C=O) groups is 2. The van der Waals surface area contributed by atoms with Crippen LogP contribution >= 0.6 is 0 Å². The number of aromatic nitrogens is 1. The molecule has 0 aromatic carbocycles. The number of carbonyl (C=O) groups excluding carboxylic acids is 2. The summed E-state index contributed by atoms with van der Waals surface area (Å²) in [7, 11) is 1.36. The summed E-state index contributed by atoms with van der Waals surface area (Å²) in [5, 5.41) is 3.13. The molecule has 5 nitrogen and oxygen atoms in total. The quantitative estimate of drug-likeness (QED) is 0.840. The highest BCUT2D eigenvalue weighted by molar-refractivity contribution is 6.00. The molecule has 0 radical (unpaired) electrons. The number of nitrogens with one attached hydrogen (secondary N) is 2. The number of aromatic amines is 1. The van der Waals surface area contributed by atoms with E-state index in [2.05, 4.69) is 17.2 Å². The summed E-state index contributed by atoms with van der Waals surface area (Å²) >= 11 is 0. The molecule has 0 bridgehead atoms. The van der Waals surface area contributed by atoms with Crippen molar-refractivity contribution >= 4 is 11.9 Å². The Kier molecular flexibility index (Phi) is 5.27. The Morgan fingerprint density at radius 3 is 2.59 bits per heavy atom. The third kappa shape index (κ3) is 3.18. The van der Waals surface area contributed by atoms with E-state index in [1.54, 1.807) is 6.92 Å². The Labute approximate surface area is 131 Å². The lowest BCUT2D eigenvalue weighted by atomic mass is 9.86. The number of amides is 1. The Morgan fingerprint density at radius 1 is 1.32 bits per heavy atom. The summed E-state index contributed by atoms with van der Waals surface area (Å²) in [6.07, 6.45) is 5.23. The summed E-state index contributed by atoms with van der Waals surface area (Å²) in [4.78, 5) is 27.6. The largest absolute Gasteiger partial charge is 0.465 e. The Balaban J connectivity index is 2.22. The van der Waals surface area contributed by atoms with Gasteiger partial charge >= 0.3 is 5.97 Å². The normalized spacial score (nSPS) is 21.5. The maximum absolute atomic E-state index is 12.6. The average Bonchev–Trinajstić information content (AvgIpc) is 2.85. The predicted molar refractivity (Wildman–Crippen MR) is 85.1 cm³/mol. The van der Waals surface area contributed by atoms with Gasteiger partial charge in [0.1, 0.15) is 5.69 Å². The number of hydrogen-bond donors (Lipinski definition) is 2. The van der Waals surface area contributed by atoms with Gasteiger partial charge in [-0.25, -0.2) is 4.79 Å².